The summed E-state index contributed by atoms with van der Waals surface area (Å²) >= 11 is 0. The lowest BCUT2D eigenvalue weighted by Crippen LogP contribution is -2.13. The summed E-state index contributed by atoms with van der Waals surface area (Å²) in [7, 11) is -3.80. The summed E-state index contributed by atoms with van der Waals surface area (Å²) in [6.07, 6.45) is 1.82. The highest BCUT2D eigenvalue weighted by Gasteiger charge is 2.30. The minimum Gasteiger partial charge on any atom is -0.506 e. The molecule has 1 fully saturated rings. The largest absolute Gasteiger partial charge is 0.506 e. The molecule has 1 saturated carbocycles. The maximum atomic E-state index is 12.3. The summed E-state index contributed by atoms with van der Waals surface area (Å²) in [5, 5.41) is 9.63. The van der Waals surface area contributed by atoms with Crippen molar-refractivity contribution < 1.29 is 18.3 Å². The van der Waals surface area contributed by atoms with Crippen LogP contribution in [0.4, 0.5) is 5.69 Å². The Bertz CT molecular complexity index is 808. The lowest BCUT2D eigenvalue weighted by Gasteiger charge is -2.09. The highest BCUT2D eigenvalue weighted by Crippen LogP contribution is 2.33. The highest BCUT2D eigenvalue weighted by atomic mass is 32.2. The number of aromatic hydroxyl groups is 1. The molecule has 0 atom stereocenters. The molecule has 0 amide bonds. The Balaban J connectivity index is 1.83. The van der Waals surface area contributed by atoms with Crippen LogP contribution < -0.4 is 4.72 Å². The molecule has 114 valence electrons. The quantitative estimate of drug-likeness (QED) is 0.656. The van der Waals surface area contributed by atoms with Gasteiger partial charge in [0.25, 0.3) is 10.0 Å². The van der Waals surface area contributed by atoms with E-state index in [1.165, 1.54) is 36.4 Å². The monoisotopic (exact) mass is 317 g/mol. The van der Waals surface area contributed by atoms with Crippen molar-refractivity contribution in [1.82, 2.24) is 0 Å². The van der Waals surface area contributed by atoms with Crippen molar-refractivity contribution in [2.45, 2.75) is 17.7 Å². The van der Waals surface area contributed by atoms with E-state index in [9.17, 15) is 18.3 Å². The van der Waals surface area contributed by atoms with Crippen molar-refractivity contribution in [3.63, 3.8) is 0 Å². The van der Waals surface area contributed by atoms with Gasteiger partial charge >= 0.3 is 0 Å². The molecule has 5 nitrogen and oxygen atoms in total. The zero-order valence-electron chi connectivity index (χ0n) is 11.7. The number of rotatable bonds is 5. The van der Waals surface area contributed by atoms with Crippen LogP contribution in [0.3, 0.4) is 0 Å². The highest BCUT2D eigenvalue weighted by molar-refractivity contribution is 7.92. The van der Waals surface area contributed by atoms with Crippen LogP contribution in [0.2, 0.25) is 0 Å². The van der Waals surface area contributed by atoms with Gasteiger partial charge in [0.2, 0.25) is 0 Å². The first-order valence-corrected chi connectivity index (χ1v) is 8.41. The van der Waals surface area contributed by atoms with E-state index < -0.39 is 10.0 Å². The maximum absolute atomic E-state index is 12.3. The molecule has 1 aliphatic carbocycles. The Morgan fingerprint density at radius 2 is 1.68 bits per heavy atom. The predicted molar refractivity (Wildman–Crippen MR) is 82.4 cm³/mol. The molecule has 2 aromatic rings. The third kappa shape index (κ3) is 2.96. The lowest BCUT2D eigenvalue weighted by molar-refractivity contribution is 0.0967. The number of ketones is 1. The number of phenolic OH excluding ortho intramolecular Hbond substituents is 1. The van der Waals surface area contributed by atoms with Crippen LogP contribution in [0.25, 0.3) is 0 Å². The third-order valence-corrected chi connectivity index (χ3v) is 4.93. The number of anilines is 1. The molecule has 0 heterocycles. The second-order valence-electron chi connectivity index (χ2n) is 5.29. The summed E-state index contributed by atoms with van der Waals surface area (Å²) in [6.45, 7) is 0. The molecular weight excluding hydrogens is 302 g/mol. The van der Waals surface area contributed by atoms with Gasteiger partial charge in [-0.2, -0.15) is 0 Å². The number of sulfonamides is 1. The van der Waals surface area contributed by atoms with Gasteiger partial charge in [0, 0.05) is 11.5 Å². The zero-order chi connectivity index (χ0) is 15.7. The Labute approximate surface area is 128 Å². The van der Waals surface area contributed by atoms with Crippen LogP contribution in [-0.4, -0.2) is 19.3 Å². The van der Waals surface area contributed by atoms with Gasteiger partial charge in [-0.3, -0.25) is 9.52 Å². The van der Waals surface area contributed by atoms with E-state index in [0.29, 0.717) is 5.56 Å². The second kappa shape index (κ2) is 5.46. The molecule has 0 saturated heterocycles. The van der Waals surface area contributed by atoms with Gasteiger partial charge in [-0.15, -0.1) is 0 Å². The van der Waals surface area contributed by atoms with Crippen LogP contribution in [0.1, 0.15) is 23.2 Å². The van der Waals surface area contributed by atoms with E-state index >= 15 is 0 Å². The molecule has 1 aliphatic rings. The molecule has 0 unspecified atom stereocenters. The van der Waals surface area contributed by atoms with E-state index in [-0.39, 0.29) is 28.0 Å². The van der Waals surface area contributed by atoms with Crippen molar-refractivity contribution >= 4 is 21.5 Å². The number of carbonyl (C=O) groups is 1. The SMILES string of the molecule is O=C(c1ccc(S(=O)(=O)Nc2ccccc2O)cc1)C1CC1. The van der Waals surface area contributed by atoms with Crippen molar-refractivity contribution in [3.8, 4) is 5.75 Å². The van der Waals surface area contributed by atoms with Crippen LogP contribution >= 0.6 is 0 Å². The van der Waals surface area contributed by atoms with E-state index in [1.54, 1.807) is 12.1 Å². The fraction of sp³-hybridized carbons (Fsp3) is 0.188. The molecule has 0 aromatic heterocycles. The average molecular weight is 317 g/mol. The number of carbonyl (C=O) groups excluding carboxylic acids is 1. The molecule has 0 bridgehead atoms. The van der Waals surface area contributed by atoms with E-state index in [4.69, 9.17) is 0 Å². The summed E-state index contributed by atoms with van der Waals surface area (Å²) in [4.78, 5) is 12.0. The minimum atomic E-state index is -3.80. The van der Waals surface area contributed by atoms with Crippen LogP contribution in [0, 0.1) is 5.92 Å². The molecule has 2 aromatic carbocycles. The van der Waals surface area contributed by atoms with Gasteiger partial charge in [0.1, 0.15) is 5.75 Å². The molecular formula is C16H15NO4S. The first-order chi connectivity index (χ1) is 10.5. The Hall–Kier alpha value is -2.34. The standard InChI is InChI=1S/C16H15NO4S/c18-15-4-2-1-3-14(15)17-22(20,21)13-9-7-12(8-10-13)16(19)11-5-6-11/h1-4,7-11,17-18H,5-6H2. The van der Waals surface area contributed by atoms with Gasteiger partial charge in [0.15, 0.2) is 5.78 Å². The predicted octanol–water partition coefficient (Wildman–Crippen LogP) is 2.79. The molecule has 0 aliphatic heterocycles. The summed E-state index contributed by atoms with van der Waals surface area (Å²) in [5.74, 6) is 0.0195. The van der Waals surface area contributed by atoms with Crippen molar-refractivity contribution in [2.24, 2.45) is 5.92 Å². The molecule has 6 heteroatoms. The summed E-state index contributed by atoms with van der Waals surface area (Å²) in [5.41, 5.74) is 0.643. The van der Waals surface area contributed by atoms with E-state index in [1.807, 2.05) is 0 Å². The van der Waals surface area contributed by atoms with Crippen LogP contribution in [0.15, 0.2) is 53.4 Å². The maximum Gasteiger partial charge on any atom is 0.262 e. The number of para-hydroxylation sites is 2. The summed E-state index contributed by atoms with van der Waals surface area (Å²) in [6, 6.07) is 11.9. The van der Waals surface area contributed by atoms with Gasteiger partial charge in [0.05, 0.1) is 10.6 Å². The number of benzene rings is 2. The van der Waals surface area contributed by atoms with Crippen molar-refractivity contribution in [2.75, 3.05) is 4.72 Å². The summed E-state index contributed by atoms with van der Waals surface area (Å²) < 4.78 is 26.9. The number of phenols is 1. The fourth-order valence-electron chi connectivity index (χ4n) is 2.14. The smallest absolute Gasteiger partial charge is 0.262 e. The van der Waals surface area contributed by atoms with Crippen molar-refractivity contribution in [1.29, 1.82) is 0 Å². The third-order valence-electron chi connectivity index (χ3n) is 3.55. The van der Waals surface area contributed by atoms with Crippen LogP contribution in [0.5, 0.6) is 5.75 Å². The lowest BCUT2D eigenvalue weighted by atomic mass is 10.1. The van der Waals surface area contributed by atoms with Gasteiger partial charge in [-0.25, -0.2) is 8.42 Å². The number of Topliss-reactive ketones (excluding diaryl/α,β-unsaturated/α-hetero) is 1. The molecule has 0 spiro atoms. The number of hydrogen-bond donors (Lipinski definition) is 2. The Morgan fingerprint density at radius 1 is 1.05 bits per heavy atom. The normalized spacial score (nSPS) is 14.5. The van der Waals surface area contributed by atoms with E-state index in [0.717, 1.165) is 12.8 Å². The molecule has 3 rings (SSSR count). The molecule has 22 heavy (non-hydrogen) atoms. The van der Waals surface area contributed by atoms with Gasteiger partial charge in [-0.1, -0.05) is 24.3 Å². The van der Waals surface area contributed by atoms with Gasteiger partial charge in [-0.05, 0) is 37.1 Å². The topological polar surface area (TPSA) is 83.5 Å². The number of nitrogens with one attached hydrogen (secondary N) is 1. The van der Waals surface area contributed by atoms with Gasteiger partial charge < -0.3 is 5.11 Å². The second-order valence-corrected chi connectivity index (χ2v) is 6.97. The number of hydrogen-bond acceptors (Lipinski definition) is 4. The average Bonchev–Trinajstić information content (AvgIpc) is 3.34. The van der Waals surface area contributed by atoms with Crippen LogP contribution in [-0.2, 0) is 10.0 Å². The molecule has 2 N–H and O–H groups in total. The zero-order valence-corrected chi connectivity index (χ0v) is 12.5. The first-order valence-electron chi connectivity index (χ1n) is 6.92. The molecule has 0 radical (unpaired) electrons. The fourth-order valence-corrected chi connectivity index (χ4v) is 3.22. The first kappa shape index (κ1) is 14.6. The van der Waals surface area contributed by atoms with E-state index in [2.05, 4.69) is 4.72 Å². The minimum absolute atomic E-state index is 0.0445. The Kier molecular flexibility index (Phi) is 3.62. The Morgan fingerprint density at radius 3 is 2.27 bits per heavy atom. The van der Waals surface area contributed by atoms with Crippen molar-refractivity contribution in [3.05, 3.63) is 54.1 Å².